The third kappa shape index (κ3) is 4.76. The molecule has 1 atom stereocenters. The Kier molecular flexibility index (Phi) is 6.88. The molecule has 1 aromatic carbocycles. The first-order chi connectivity index (χ1) is 15.7. The third-order valence-electron chi connectivity index (χ3n) is 8.21. The maximum Gasteiger partial charge on any atom is 0.409 e. The summed E-state index contributed by atoms with van der Waals surface area (Å²) in [6, 6.07) is 8.57. The van der Waals surface area contributed by atoms with E-state index >= 15 is 0 Å². The molecule has 0 unspecified atom stereocenters. The SMILES string of the molecule is CCOC(=O)N1CCN([C@@H]2CCCN(C3CCN(c4ccc5c(c4)CCC5)CC3)C2)CC1. The molecule has 6 nitrogen and oxygen atoms in total. The molecule has 1 aliphatic carbocycles. The number of anilines is 1. The van der Waals surface area contributed by atoms with Crippen molar-refractivity contribution in [2.24, 2.45) is 0 Å². The van der Waals surface area contributed by atoms with Gasteiger partial charge in [-0.2, -0.15) is 0 Å². The third-order valence-corrected chi connectivity index (χ3v) is 8.21. The molecular formula is C26H40N4O2. The van der Waals surface area contributed by atoms with Crippen LogP contribution in [0, 0.1) is 0 Å². The van der Waals surface area contributed by atoms with Gasteiger partial charge in [0, 0.05) is 63.6 Å². The van der Waals surface area contributed by atoms with Gasteiger partial charge in [0.1, 0.15) is 0 Å². The van der Waals surface area contributed by atoms with Crippen molar-refractivity contribution in [3.63, 3.8) is 0 Å². The van der Waals surface area contributed by atoms with Crippen LogP contribution in [0.2, 0.25) is 0 Å². The number of ether oxygens (including phenoxy) is 1. The quantitative estimate of drug-likeness (QED) is 0.718. The highest BCUT2D eigenvalue weighted by Gasteiger charge is 2.33. The number of carbonyl (C=O) groups is 1. The summed E-state index contributed by atoms with van der Waals surface area (Å²) in [6.07, 6.45) is 8.87. The largest absolute Gasteiger partial charge is 0.450 e. The van der Waals surface area contributed by atoms with Crippen molar-refractivity contribution in [2.45, 2.75) is 64.0 Å². The number of aryl methyl sites for hydroxylation is 2. The number of piperidine rings is 2. The summed E-state index contributed by atoms with van der Waals surface area (Å²) in [5, 5.41) is 0. The maximum atomic E-state index is 12.0. The summed E-state index contributed by atoms with van der Waals surface area (Å²) in [6.45, 7) is 10.7. The van der Waals surface area contributed by atoms with Gasteiger partial charge in [0.15, 0.2) is 0 Å². The number of benzene rings is 1. The van der Waals surface area contributed by atoms with Gasteiger partial charge < -0.3 is 14.5 Å². The summed E-state index contributed by atoms with van der Waals surface area (Å²) in [7, 11) is 0. The fourth-order valence-corrected chi connectivity index (χ4v) is 6.34. The van der Waals surface area contributed by atoms with Gasteiger partial charge in [0.25, 0.3) is 0 Å². The molecule has 176 valence electrons. The number of amides is 1. The Morgan fingerprint density at radius 2 is 1.66 bits per heavy atom. The second-order valence-corrected chi connectivity index (χ2v) is 10.0. The van der Waals surface area contributed by atoms with Crippen LogP contribution in [0.1, 0.15) is 50.2 Å². The van der Waals surface area contributed by atoms with Crippen LogP contribution in [0.5, 0.6) is 0 Å². The van der Waals surface area contributed by atoms with Gasteiger partial charge in [-0.1, -0.05) is 6.07 Å². The molecule has 0 bridgehead atoms. The van der Waals surface area contributed by atoms with Crippen molar-refractivity contribution < 1.29 is 9.53 Å². The summed E-state index contributed by atoms with van der Waals surface area (Å²) in [5.41, 5.74) is 4.61. The molecule has 4 aliphatic rings. The van der Waals surface area contributed by atoms with Crippen molar-refractivity contribution in [1.29, 1.82) is 0 Å². The molecule has 0 N–H and O–H groups in total. The van der Waals surface area contributed by atoms with E-state index in [2.05, 4.69) is 32.9 Å². The molecule has 1 amide bonds. The highest BCUT2D eigenvalue weighted by Crippen LogP contribution is 2.30. The normalized spacial score (nSPS) is 25.7. The lowest BCUT2D eigenvalue weighted by molar-refractivity contribution is 0.0290. The second kappa shape index (κ2) is 10.0. The van der Waals surface area contributed by atoms with Gasteiger partial charge in [-0.05, 0) is 81.7 Å². The molecule has 0 radical (unpaired) electrons. The Hall–Kier alpha value is -1.79. The average molecular weight is 441 g/mol. The summed E-state index contributed by atoms with van der Waals surface area (Å²) in [4.78, 5) is 21.9. The molecule has 0 aromatic heterocycles. The summed E-state index contributed by atoms with van der Waals surface area (Å²) in [5.74, 6) is 0. The number of nitrogens with zero attached hydrogens (tertiary/aromatic N) is 4. The van der Waals surface area contributed by atoms with Crippen LogP contribution in [0.25, 0.3) is 0 Å². The average Bonchev–Trinajstić information content (AvgIpc) is 3.32. The monoisotopic (exact) mass is 440 g/mol. The predicted octanol–water partition coefficient (Wildman–Crippen LogP) is 3.38. The molecule has 3 heterocycles. The van der Waals surface area contributed by atoms with Crippen LogP contribution >= 0.6 is 0 Å². The number of hydrogen-bond acceptors (Lipinski definition) is 5. The van der Waals surface area contributed by atoms with E-state index in [0.717, 1.165) is 32.2 Å². The highest BCUT2D eigenvalue weighted by molar-refractivity contribution is 5.67. The lowest BCUT2D eigenvalue weighted by atomic mass is 9.96. The maximum absolute atomic E-state index is 12.0. The van der Waals surface area contributed by atoms with Crippen molar-refractivity contribution in [1.82, 2.24) is 14.7 Å². The van der Waals surface area contributed by atoms with E-state index in [4.69, 9.17) is 4.74 Å². The first kappa shape index (κ1) is 22.0. The van der Waals surface area contributed by atoms with Crippen molar-refractivity contribution >= 4 is 11.8 Å². The van der Waals surface area contributed by atoms with Gasteiger partial charge >= 0.3 is 6.09 Å². The molecule has 0 spiro atoms. The van der Waals surface area contributed by atoms with Crippen molar-refractivity contribution in [3.8, 4) is 0 Å². The van der Waals surface area contributed by atoms with Crippen LogP contribution in [0.4, 0.5) is 10.5 Å². The number of rotatable bonds is 4. The zero-order chi connectivity index (χ0) is 21.9. The van der Waals surface area contributed by atoms with Gasteiger partial charge in [-0.25, -0.2) is 4.79 Å². The molecule has 3 aliphatic heterocycles. The number of piperazine rings is 1. The summed E-state index contributed by atoms with van der Waals surface area (Å²) < 4.78 is 5.18. The van der Waals surface area contributed by atoms with E-state index in [0.29, 0.717) is 12.6 Å². The van der Waals surface area contributed by atoms with E-state index in [1.54, 1.807) is 11.1 Å². The zero-order valence-electron chi connectivity index (χ0n) is 19.8. The molecule has 0 saturated carbocycles. The molecule has 3 saturated heterocycles. The van der Waals surface area contributed by atoms with Crippen LogP contribution in [-0.4, -0.2) is 91.8 Å². The Balaban J connectivity index is 1.11. The minimum Gasteiger partial charge on any atom is -0.450 e. The fourth-order valence-electron chi connectivity index (χ4n) is 6.34. The van der Waals surface area contributed by atoms with E-state index in [-0.39, 0.29) is 6.09 Å². The van der Waals surface area contributed by atoms with E-state index < -0.39 is 0 Å². The van der Waals surface area contributed by atoms with Crippen LogP contribution in [-0.2, 0) is 17.6 Å². The molecule has 3 fully saturated rings. The summed E-state index contributed by atoms with van der Waals surface area (Å²) >= 11 is 0. The molecule has 6 heteroatoms. The van der Waals surface area contributed by atoms with E-state index in [1.807, 2.05) is 11.8 Å². The van der Waals surface area contributed by atoms with Crippen LogP contribution in [0.15, 0.2) is 18.2 Å². The Bertz CT molecular complexity index is 784. The molecule has 1 aromatic rings. The number of hydrogen-bond donors (Lipinski definition) is 0. The highest BCUT2D eigenvalue weighted by atomic mass is 16.6. The number of fused-ring (bicyclic) bond motifs is 1. The first-order valence-electron chi connectivity index (χ1n) is 13.0. The van der Waals surface area contributed by atoms with Crippen molar-refractivity contribution in [3.05, 3.63) is 29.3 Å². The number of carbonyl (C=O) groups excluding carboxylic acids is 1. The lowest BCUT2D eigenvalue weighted by Crippen LogP contribution is -2.58. The minimum atomic E-state index is -0.146. The lowest BCUT2D eigenvalue weighted by Gasteiger charge is -2.46. The smallest absolute Gasteiger partial charge is 0.409 e. The van der Waals surface area contributed by atoms with Crippen LogP contribution in [0.3, 0.4) is 0 Å². The van der Waals surface area contributed by atoms with Gasteiger partial charge in [-0.3, -0.25) is 9.80 Å². The predicted molar refractivity (Wildman–Crippen MR) is 128 cm³/mol. The second-order valence-electron chi connectivity index (χ2n) is 10.0. The minimum absolute atomic E-state index is 0.146. The van der Waals surface area contributed by atoms with E-state index in [1.165, 1.54) is 76.8 Å². The van der Waals surface area contributed by atoms with Crippen molar-refractivity contribution in [2.75, 3.05) is 63.9 Å². The zero-order valence-corrected chi connectivity index (χ0v) is 19.8. The van der Waals surface area contributed by atoms with E-state index in [9.17, 15) is 4.79 Å². The Morgan fingerprint density at radius 1 is 0.875 bits per heavy atom. The van der Waals surface area contributed by atoms with Gasteiger partial charge in [0.05, 0.1) is 6.61 Å². The standard InChI is InChI=1S/C26H40N4O2/c1-2-32-26(31)29-17-15-28(16-18-29)25-7-4-12-30(20-25)23-10-13-27(14-11-23)24-9-8-21-5-3-6-22(21)19-24/h8-9,19,23,25H,2-7,10-18,20H2,1H3/t25-/m1/s1. The molecule has 32 heavy (non-hydrogen) atoms. The van der Waals surface area contributed by atoms with Crippen LogP contribution < -0.4 is 4.90 Å². The fraction of sp³-hybridized carbons (Fsp3) is 0.731. The van der Waals surface area contributed by atoms with Gasteiger partial charge in [-0.15, -0.1) is 0 Å². The van der Waals surface area contributed by atoms with Gasteiger partial charge in [0.2, 0.25) is 0 Å². The molecular weight excluding hydrogens is 400 g/mol. The Morgan fingerprint density at radius 3 is 2.44 bits per heavy atom. The Labute approximate surface area is 193 Å². The number of likely N-dealkylation sites (tertiary alicyclic amines) is 1. The molecule has 5 rings (SSSR count). The topological polar surface area (TPSA) is 39.3 Å². The first-order valence-corrected chi connectivity index (χ1v) is 13.0.